The van der Waals surface area contributed by atoms with Crippen LogP contribution in [0.1, 0.15) is 118 Å². The number of pyridine rings is 1. The molecule has 1 saturated carbocycles. The molecule has 60 heavy (non-hydrogen) atoms. The summed E-state index contributed by atoms with van der Waals surface area (Å²) in [6, 6.07) is 7.85. The van der Waals surface area contributed by atoms with E-state index in [2.05, 4.69) is 10.3 Å². The molecule has 1 N–H and O–H groups in total. The zero-order chi connectivity index (χ0) is 44.5. The van der Waals surface area contributed by atoms with Crippen molar-refractivity contribution in [2.45, 2.75) is 142 Å². The smallest absolute Gasteiger partial charge is 0.425 e. The average Bonchev–Trinajstić information content (AvgIpc) is 3.48. The Morgan fingerprint density at radius 3 is 1.97 bits per heavy atom. The van der Waals surface area contributed by atoms with Crippen LogP contribution in [0.3, 0.4) is 0 Å². The largest absolute Gasteiger partial charge is 0.444 e. The molecule has 4 aromatic rings. The summed E-state index contributed by atoms with van der Waals surface area (Å²) in [7, 11) is -4.03. The van der Waals surface area contributed by atoms with Crippen molar-refractivity contribution in [2.75, 3.05) is 4.90 Å². The first-order chi connectivity index (χ1) is 27.8. The van der Waals surface area contributed by atoms with E-state index in [1.54, 1.807) is 92.1 Å². The third-order valence-electron chi connectivity index (χ3n) is 9.43. The van der Waals surface area contributed by atoms with Crippen LogP contribution in [0.25, 0.3) is 22.2 Å². The van der Waals surface area contributed by atoms with Crippen LogP contribution < -0.4 is 10.2 Å². The monoisotopic (exact) mass is 873 g/mol. The van der Waals surface area contributed by atoms with Gasteiger partial charge in [0.2, 0.25) is 0 Å². The predicted molar refractivity (Wildman–Crippen MR) is 226 cm³/mol. The van der Waals surface area contributed by atoms with Gasteiger partial charge in [0.1, 0.15) is 34.1 Å². The molecule has 0 unspecified atom stereocenters. The molecule has 2 aromatic heterocycles. The highest BCUT2D eigenvalue weighted by Crippen LogP contribution is 2.43. The minimum absolute atomic E-state index is 0.0393. The Morgan fingerprint density at radius 2 is 1.42 bits per heavy atom. The van der Waals surface area contributed by atoms with Gasteiger partial charge in [-0.25, -0.2) is 36.6 Å². The Bertz CT molecular complexity index is 2350. The van der Waals surface area contributed by atoms with Gasteiger partial charge in [-0.2, -0.15) is 10.00 Å². The number of anilines is 1. The predicted octanol–water partition coefficient (Wildman–Crippen LogP) is 10.4. The zero-order valence-corrected chi connectivity index (χ0v) is 37.3. The lowest BCUT2D eigenvalue weighted by atomic mass is 9.81. The lowest BCUT2D eigenvalue weighted by Gasteiger charge is -2.31. The van der Waals surface area contributed by atoms with E-state index in [-0.39, 0.29) is 46.0 Å². The summed E-state index contributed by atoms with van der Waals surface area (Å²) >= 11 is 6.19. The summed E-state index contributed by atoms with van der Waals surface area (Å²) in [5, 5.41) is 7.94. The third kappa shape index (κ3) is 11.5. The Balaban J connectivity index is 1.66. The summed E-state index contributed by atoms with van der Waals surface area (Å²) in [6.45, 7) is 17.1. The second kappa shape index (κ2) is 17.6. The summed E-state index contributed by atoms with van der Waals surface area (Å²) < 4.78 is 77.5. The van der Waals surface area contributed by atoms with Crippen molar-refractivity contribution in [3.8, 4) is 11.3 Å². The highest BCUT2D eigenvalue weighted by Gasteiger charge is 2.38. The van der Waals surface area contributed by atoms with E-state index in [9.17, 15) is 22.8 Å². The van der Waals surface area contributed by atoms with Crippen LogP contribution in [0, 0.1) is 11.6 Å². The van der Waals surface area contributed by atoms with Gasteiger partial charge in [-0.15, -0.1) is 0 Å². The van der Waals surface area contributed by atoms with Crippen LogP contribution >= 0.6 is 11.6 Å². The fourth-order valence-electron chi connectivity index (χ4n) is 7.02. The van der Waals surface area contributed by atoms with Gasteiger partial charge in [0.15, 0.2) is 15.7 Å². The van der Waals surface area contributed by atoms with Gasteiger partial charge in [0.25, 0.3) is 0 Å². The topological polar surface area (TPSA) is 159 Å². The van der Waals surface area contributed by atoms with Gasteiger partial charge >= 0.3 is 18.3 Å². The molecule has 0 saturated heterocycles. The van der Waals surface area contributed by atoms with Crippen molar-refractivity contribution >= 4 is 56.4 Å². The summed E-state index contributed by atoms with van der Waals surface area (Å²) in [5.41, 5.74) is -2.36. The summed E-state index contributed by atoms with van der Waals surface area (Å²) in [5.74, 6) is -3.80. The van der Waals surface area contributed by atoms with E-state index in [0.29, 0.717) is 47.2 Å². The van der Waals surface area contributed by atoms with Crippen molar-refractivity contribution in [1.82, 2.24) is 20.1 Å². The average molecular weight is 874 g/mol. The Hall–Kier alpha value is -4.83. The molecule has 5 rings (SSSR count). The number of rotatable bonds is 9. The van der Waals surface area contributed by atoms with Crippen LogP contribution in [-0.4, -0.2) is 64.3 Å². The number of imide groups is 1. The lowest BCUT2D eigenvalue weighted by Crippen LogP contribution is -2.44. The number of sulfone groups is 1. The van der Waals surface area contributed by atoms with Gasteiger partial charge in [0.05, 0.1) is 22.4 Å². The molecular weight excluding hydrogens is 820 g/mol. The number of halogens is 3. The number of ether oxygens (including phenoxy) is 3. The zero-order valence-electron chi connectivity index (χ0n) is 35.7. The number of benzene rings is 2. The highest BCUT2D eigenvalue weighted by molar-refractivity contribution is 7.89. The molecule has 1 aliphatic rings. The normalized spacial score (nSPS) is 16.4. The number of alkyl carbamates (subject to hydrolysis) is 1. The van der Waals surface area contributed by atoms with Crippen LogP contribution in [0.4, 0.5) is 29.0 Å². The standard InChI is InChI=1S/C43H54ClF2N5O8S/c1-11-50-36-30(25-16-18-28(19-17-25)48-38(52)57-41(2,3)4)22-47-37(51(39(53)58-42(5,6)7)40(54)59-43(8,9)10)34(36)35(49-50)29-21-32(45)27(20-33(29)46)24-60(55,56)23-26-14-12-13-15-31(26)44/h12-15,20-22,25,28H,11,16-19,23-24H2,1-10H3,(H,48,52). The quantitative estimate of drug-likeness (QED) is 0.160. The number of aromatic nitrogens is 3. The van der Waals surface area contributed by atoms with Crippen molar-refractivity contribution in [2.24, 2.45) is 0 Å². The second-order valence-corrected chi connectivity index (χ2v) is 20.4. The van der Waals surface area contributed by atoms with E-state index < -0.39 is 73.6 Å². The second-order valence-electron chi connectivity index (χ2n) is 18.0. The molecule has 1 fully saturated rings. The Labute approximate surface area is 355 Å². The first kappa shape index (κ1) is 46.2. The summed E-state index contributed by atoms with van der Waals surface area (Å²) in [6.07, 6.45) is 1.10. The number of amides is 3. The molecular formula is C43H54ClF2N5O8S. The molecule has 0 bridgehead atoms. The van der Waals surface area contributed by atoms with Crippen molar-refractivity contribution in [3.63, 3.8) is 0 Å². The number of hydrogen-bond donors (Lipinski definition) is 1. The van der Waals surface area contributed by atoms with E-state index in [1.165, 1.54) is 12.3 Å². The third-order valence-corrected chi connectivity index (χ3v) is 11.3. The number of carbonyl (C=O) groups excluding carboxylic acids is 3. The Kier molecular flexibility index (Phi) is 13.6. The van der Waals surface area contributed by atoms with Crippen molar-refractivity contribution in [3.05, 3.63) is 75.9 Å². The molecule has 1 aliphatic carbocycles. The fourth-order valence-corrected chi connectivity index (χ4v) is 8.82. The van der Waals surface area contributed by atoms with Crippen molar-refractivity contribution in [1.29, 1.82) is 0 Å². The van der Waals surface area contributed by atoms with E-state index in [1.807, 2.05) is 0 Å². The van der Waals surface area contributed by atoms with Gasteiger partial charge in [0, 0.05) is 34.9 Å². The molecule has 17 heteroatoms. The molecule has 0 aliphatic heterocycles. The van der Waals surface area contributed by atoms with Gasteiger partial charge < -0.3 is 19.5 Å². The number of nitrogens with zero attached hydrogens (tertiary/aromatic N) is 4. The number of aryl methyl sites for hydroxylation is 1. The van der Waals surface area contributed by atoms with Gasteiger partial charge in [-0.3, -0.25) is 4.68 Å². The minimum atomic E-state index is -4.03. The van der Waals surface area contributed by atoms with Crippen LogP contribution in [0.15, 0.2) is 42.6 Å². The Morgan fingerprint density at radius 1 is 0.850 bits per heavy atom. The molecule has 0 spiro atoms. The molecule has 2 aromatic carbocycles. The molecule has 326 valence electrons. The van der Waals surface area contributed by atoms with Gasteiger partial charge in [-0.1, -0.05) is 29.8 Å². The van der Waals surface area contributed by atoms with Crippen molar-refractivity contribution < 1.29 is 45.8 Å². The van der Waals surface area contributed by atoms with Crippen LogP contribution in [0.2, 0.25) is 5.02 Å². The molecule has 13 nitrogen and oxygen atoms in total. The molecule has 0 atom stereocenters. The molecule has 3 amide bonds. The van der Waals surface area contributed by atoms with E-state index >= 15 is 8.78 Å². The maximum atomic E-state index is 16.5. The summed E-state index contributed by atoms with van der Waals surface area (Å²) in [4.78, 5) is 45.8. The number of carbonyl (C=O) groups is 3. The maximum absolute atomic E-state index is 16.5. The minimum Gasteiger partial charge on any atom is -0.444 e. The number of fused-ring (bicyclic) bond motifs is 1. The number of hydrogen-bond acceptors (Lipinski definition) is 10. The lowest BCUT2D eigenvalue weighted by molar-refractivity contribution is 0.0425. The van der Waals surface area contributed by atoms with Crippen LogP contribution in [0.5, 0.6) is 0 Å². The number of nitrogens with one attached hydrogen (secondary N) is 1. The van der Waals surface area contributed by atoms with Gasteiger partial charge in [-0.05, 0) is 130 Å². The first-order valence-corrected chi connectivity index (χ1v) is 22.0. The maximum Gasteiger partial charge on any atom is 0.425 e. The molecule has 2 heterocycles. The van der Waals surface area contributed by atoms with E-state index in [0.717, 1.165) is 12.1 Å². The highest BCUT2D eigenvalue weighted by atomic mass is 35.5. The first-order valence-electron chi connectivity index (χ1n) is 19.8. The SMILES string of the molecule is CCn1nc(-c2cc(F)c(CS(=O)(=O)Cc3ccccc3Cl)cc2F)c2c(N(C(=O)OC(C)(C)C)C(=O)OC(C)(C)C)ncc(C3CCC(NC(=O)OC(C)(C)C)CC3)c21. The van der Waals surface area contributed by atoms with E-state index in [4.69, 9.17) is 30.9 Å². The molecule has 0 radical (unpaired) electrons. The fraction of sp³-hybridized carbons (Fsp3) is 0.512. The van der Waals surface area contributed by atoms with Crippen LogP contribution in [-0.2, 0) is 42.1 Å².